The molecule has 0 aliphatic heterocycles. The molecule has 0 saturated carbocycles. The van der Waals surface area contributed by atoms with Gasteiger partial charge in [-0.25, -0.2) is 4.98 Å². The molecule has 2 amide bonds. The lowest BCUT2D eigenvalue weighted by molar-refractivity contribution is -0.114. The van der Waals surface area contributed by atoms with Crippen molar-refractivity contribution in [1.29, 1.82) is 0 Å². The van der Waals surface area contributed by atoms with Crippen LogP contribution in [-0.4, -0.2) is 27.0 Å². The molecule has 7 nitrogen and oxygen atoms in total. The average molecular weight is 323 g/mol. The number of fused-ring (bicyclic) bond motifs is 1. The number of anilines is 2. The smallest absolute Gasteiger partial charge is 0.255 e. The lowest BCUT2D eigenvalue weighted by atomic mass is 10.1. The summed E-state index contributed by atoms with van der Waals surface area (Å²) in [6.07, 6.45) is 1.56. The highest BCUT2D eigenvalue weighted by atomic mass is 16.2. The fourth-order valence-corrected chi connectivity index (χ4v) is 2.38. The summed E-state index contributed by atoms with van der Waals surface area (Å²) in [6.45, 7) is 5.19. The van der Waals surface area contributed by atoms with Crippen molar-refractivity contribution in [3.05, 3.63) is 47.3 Å². The number of nitrogens with one attached hydrogen (secondary N) is 3. The van der Waals surface area contributed by atoms with E-state index in [0.717, 1.165) is 16.6 Å². The molecule has 0 atom stereocenters. The maximum Gasteiger partial charge on any atom is 0.255 e. The summed E-state index contributed by atoms with van der Waals surface area (Å²) >= 11 is 0. The van der Waals surface area contributed by atoms with Crippen molar-refractivity contribution in [2.24, 2.45) is 0 Å². The molecule has 3 N–H and O–H groups in total. The zero-order valence-corrected chi connectivity index (χ0v) is 13.6. The molecule has 24 heavy (non-hydrogen) atoms. The van der Waals surface area contributed by atoms with E-state index in [4.69, 9.17) is 0 Å². The van der Waals surface area contributed by atoms with Gasteiger partial charge in [0, 0.05) is 29.3 Å². The van der Waals surface area contributed by atoms with Crippen LogP contribution in [0.5, 0.6) is 0 Å². The normalized spacial score (nSPS) is 10.6. The minimum Gasteiger partial charge on any atom is -0.326 e. The lowest BCUT2D eigenvalue weighted by Crippen LogP contribution is -2.14. The second-order valence-electron chi connectivity index (χ2n) is 5.61. The van der Waals surface area contributed by atoms with Crippen LogP contribution >= 0.6 is 0 Å². The predicted octanol–water partition coefficient (Wildman–Crippen LogP) is 2.79. The molecule has 0 radical (unpaired) electrons. The Labute approximate surface area is 138 Å². The molecule has 0 unspecified atom stereocenters. The predicted molar refractivity (Wildman–Crippen MR) is 92.1 cm³/mol. The van der Waals surface area contributed by atoms with Crippen LogP contribution in [0.15, 0.2) is 30.5 Å². The van der Waals surface area contributed by atoms with Gasteiger partial charge >= 0.3 is 0 Å². The van der Waals surface area contributed by atoms with Crippen molar-refractivity contribution < 1.29 is 9.59 Å². The molecule has 2 heterocycles. The summed E-state index contributed by atoms with van der Waals surface area (Å²) in [5.74, 6) is -0.454. The number of carbonyl (C=O) groups excluding carboxylic acids is 2. The van der Waals surface area contributed by atoms with Gasteiger partial charge in [0.2, 0.25) is 5.91 Å². The summed E-state index contributed by atoms with van der Waals surface area (Å²) in [7, 11) is 0. The first-order chi connectivity index (χ1) is 11.4. The molecule has 1 aromatic carbocycles. The van der Waals surface area contributed by atoms with Crippen LogP contribution in [0.3, 0.4) is 0 Å². The average Bonchev–Trinajstić information content (AvgIpc) is 2.90. The number of pyridine rings is 1. The van der Waals surface area contributed by atoms with Crippen LogP contribution in [0.25, 0.3) is 11.0 Å². The first kappa shape index (κ1) is 15.7. The van der Waals surface area contributed by atoms with Crippen molar-refractivity contribution >= 4 is 34.2 Å². The Balaban J connectivity index is 1.85. The highest BCUT2D eigenvalue weighted by Gasteiger charge is 2.11. The summed E-state index contributed by atoms with van der Waals surface area (Å²) in [4.78, 5) is 27.9. The van der Waals surface area contributed by atoms with E-state index in [1.807, 2.05) is 19.9 Å². The third-order valence-electron chi connectivity index (χ3n) is 3.67. The van der Waals surface area contributed by atoms with Gasteiger partial charge in [-0.05, 0) is 37.6 Å². The number of rotatable bonds is 3. The Bertz CT molecular complexity index is 945. The molecule has 7 heteroatoms. The summed E-state index contributed by atoms with van der Waals surface area (Å²) in [5, 5.41) is 13.3. The first-order valence-electron chi connectivity index (χ1n) is 7.44. The van der Waals surface area contributed by atoms with E-state index in [1.165, 1.54) is 6.92 Å². The number of carbonyl (C=O) groups is 2. The van der Waals surface area contributed by atoms with E-state index in [0.29, 0.717) is 22.6 Å². The Kier molecular flexibility index (Phi) is 3.99. The van der Waals surface area contributed by atoms with Crippen molar-refractivity contribution in [2.75, 3.05) is 10.6 Å². The van der Waals surface area contributed by atoms with E-state index in [-0.39, 0.29) is 11.8 Å². The van der Waals surface area contributed by atoms with E-state index >= 15 is 0 Å². The van der Waals surface area contributed by atoms with Crippen LogP contribution in [0, 0.1) is 13.8 Å². The summed E-state index contributed by atoms with van der Waals surface area (Å²) in [6, 6.07) is 6.98. The lowest BCUT2D eigenvalue weighted by Gasteiger charge is -2.10. The highest BCUT2D eigenvalue weighted by Crippen LogP contribution is 2.20. The number of hydrogen-bond donors (Lipinski definition) is 3. The van der Waals surface area contributed by atoms with Crippen LogP contribution < -0.4 is 10.6 Å². The molecule has 0 saturated heterocycles. The quantitative estimate of drug-likeness (QED) is 0.690. The molecular formula is C17H17N5O2. The van der Waals surface area contributed by atoms with Crippen molar-refractivity contribution in [2.45, 2.75) is 20.8 Å². The Hall–Kier alpha value is -3.22. The minimum absolute atomic E-state index is 0.180. The molecule has 0 aliphatic carbocycles. The summed E-state index contributed by atoms with van der Waals surface area (Å²) in [5.41, 5.74) is 4.03. The van der Waals surface area contributed by atoms with Gasteiger partial charge in [0.15, 0.2) is 5.65 Å². The molecule has 0 aliphatic rings. The number of aromatic amines is 1. The Morgan fingerprint density at radius 1 is 1.12 bits per heavy atom. The standard InChI is InChI=1S/C17H17N5O2/c1-9-4-5-12(6-15(9)19-11(3)23)17(24)20-13-7-14-10(2)21-22-16(14)18-8-13/h4-8H,1-3H3,(H,19,23)(H,20,24)(H,18,21,22). The van der Waals surface area contributed by atoms with Crippen LogP contribution in [0.4, 0.5) is 11.4 Å². The van der Waals surface area contributed by atoms with E-state index < -0.39 is 0 Å². The Morgan fingerprint density at radius 2 is 1.92 bits per heavy atom. The molecule has 3 aromatic rings. The van der Waals surface area contributed by atoms with Gasteiger partial charge in [-0.2, -0.15) is 5.10 Å². The van der Waals surface area contributed by atoms with E-state index in [1.54, 1.807) is 24.4 Å². The van der Waals surface area contributed by atoms with Crippen LogP contribution in [0.1, 0.15) is 28.5 Å². The Morgan fingerprint density at radius 3 is 2.67 bits per heavy atom. The van der Waals surface area contributed by atoms with Gasteiger partial charge in [0.05, 0.1) is 11.9 Å². The zero-order chi connectivity index (χ0) is 17.3. The largest absolute Gasteiger partial charge is 0.326 e. The number of hydrogen-bond acceptors (Lipinski definition) is 4. The number of aryl methyl sites for hydroxylation is 2. The zero-order valence-electron chi connectivity index (χ0n) is 13.6. The van der Waals surface area contributed by atoms with Crippen molar-refractivity contribution in [1.82, 2.24) is 15.2 Å². The number of benzene rings is 1. The van der Waals surface area contributed by atoms with Crippen LogP contribution in [-0.2, 0) is 4.79 Å². The molecule has 0 bridgehead atoms. The second kappa shape index (κ2) is 6.11. The monoisotopic (exact) mass is 323 g/mol. The fraction of sp³-hybridized carbons (Fsp3) is 0.176. The topological polar surface area (TPSA) is 99.8 Å². The van der Waals surface area contributed by atoms with E-state index in [9.17, 15) is 9.59 Å². The molecule has 2 aromatic heterocycles. The number of H-pyrrole nitrogens is 1. The molecular weight excluding hydrogens is 306 g/mol. The highest BCUT2D eigenvalue weighted by molar-refractivity contribution is 6.06. The molecule has 0 spiro atoms. The second-order valence-corrected chi connectivity index (χ2v) is 5.61. The number of amides is 2. The molecule has 0 fully saturated rings. The van der Waals surface area contributed by atoms with E-state index in [2.05, 4.69) is 25.8 Å². The molecule has 3 rings (SSSR count). The van der Waals surface area contributed by atoms with Crippen LogP contribution in [0.2, 0.25) is 0 Å². The van der Waals surface area contributed by atoms with Crippen molar-refractivity contribution in [3.63, 3.8) is 0 Å². The maximum absolute atomic E-state index is 12.4. The van der Waals surface area contributed by atoms with Crippen molar-refractivity contribution in [3.8, 4) is 0 Å². The van der Waals surface area contributed by atoms with Gasteiger partial charge in [0.25, 0.3) is 5.91 Å². The minimum atomic E-state index is -0.274. The summed E-state index contributed by atoms with van der Waals surface area (Å²) < 4.78 is 0. The third kappa shape index (κ3) is 3.10. The van der Waals surface area contributed by atoms with Gasteiger partial charge in [-0.15, -0.1) is 0 Å². The van der Waals surface area contributed by atoms with Gasteiger partial charge in [0.1, 0.15) is 0 Å². The fourth-order valence-electron chi connectivity index (χ4n) is 2.38. The third-order valence-corrected chi connectivity index (χ3v) is 3.67. The van der Waals surface area contributed by atoms with Gasteiger partial charge in [-0.1, -0.05) is 6.07 Å². The maximum atomic E-state index is 12.4. The molecule has 122 valence electrons. The van der Waals surface area contributed by atoms with Gasteiger partial charge < -0.3 is 10.6 Å². The first-order valence-corrected chi connectivity index (χ1v) is 7.44. The number of aromatic nitrogens is 3. The SMILES string of the molecule is CC(=O)Nc1cc(C(=O)Nc2cnc3n[nH]c(C)c3c2)ccc1C. The van der Waals surface area contributed by atoms with Gasteiger partial charge in [-0.3, -0.25) is 14.7 Å². The number of nitrogens with zero attached hydrogens (tertiary/aromatic N) is 2.